The molecule has 5 heteroatoms. The summed E-state index contributed by atoms with van der Waals surface area (Å²) in [5, 5.41) is 9.06. The first-order chi connectivity index (χ1) is 7.72. The van der Waals surface area contributed by atoms with Crippen LogP contribution in [0, 0.1) is 5.82 Å². The van der Waals surface area contributed by atoms with Crippen molar-refractivity contribution in [1.82, 2.24) is 0 Å². The zero-order valence-corrected chi connectivity index (χ0v) is 10.3. The van der Waals surface area contributed by atoms with Gasteiger partial charge in [0.05, 0.1) is 25.5 Å². The molecule has 1 aromatic carbocycles. The predicted molar refractivity (Wildman–Crippen MR) is 63.1 cm³/mol. The summed E-state index contributed by atoms with van der Waals surface area (Å²) < 4.78 is 20.0. The van der Waals surface area contributed by atoms with Crippen LogP contribution >= 0.6 is 15.9 Å². The van der Waals surface area contributed by atoms with Crippen LogP contribution in [0.3, 0.4) is 0 Å². The summed E-state index contributed by atoms with van der Waals surface area (Å²) in [5.74, 6) is -0.340. The van der Waals surface area contributed by atoms with Crippen molar-refractivity contribution in [3.63, 3.8) is 0 Å². The average molecular weight is 290 g/mol. The lowest BCUT2D eigenvalue weighted by Crippen LogP contribution is -2.36. The summed E-state index contributed by atoms with van der Waals surface area (Å²) in [6.45, 7) is 2.29. The van der Waals surface area contributed by atoms with Gasteiger partial charge in [-0.15, -0.1) is 0 Å². The van der Waals surface area contributed by atoms with Gasteiger partial charge in [0, 0.05) is 23.1 Å². The molecule has 16 heavy (non-hydrogen) atoms. The van der Waals surface area contributed by atoms with Crippen LogP contribution in [0.5, 0.6) is 0 Å². The van der Waals surface area contributed by atoms with Crippen LogP contribution in [-0.4, -0.2) is 31.4 Å². The number of nitrogens with zero attached hydrogens (tertiary/aromatic N) is 1. The predicted octanol–water partition coefficient (Wildman–Crippen LogP) is 1.92. The number of hydrogen-bond acceptors (Lipinski definition) is 3. The summed E-state index contributed by atoms with van der Waals surface area (Å²) >= 11 is 3.32. The Morgan fingerprint density at radius 2 is 2.06 bits per heavy atom. The third-order valence-electron chi connectivity index (χ3n) is 2.62. The lowest BCUT2D eigenvalue weighted by Gasteiger charge is -2.29. The monoisotopic (exact) mass is 289 g/mol. The molecule has 0 radical (unpaired) electrons. The van der Waals surface area contributed by atoms with Crippen molar-refractivity contribution in [1.29, 1.82) is 0 Å². The number of ether oxygens (including phenoxy) is 1. The number of rotatable bonds is 2. The summed E-state index contributed by atoms with van der Waals surface area (Å²) in [7, 11) is 0. The van der Waals surface area contributed by atoms with E-state index in [1.165, 1.54) is 0 Å². The highest BCUT2D eigenvalue weighted by Gasteiger charge is 2.17. The van der Waals surface area contributed by atoms with E-state index in [-0.39, 0.29) is 12.4 Å². The number of morpholine rings is 1. The minimum atomic E-state index is -0.340. The Kier molecular flexibility index (Phi) is 3.78. The van der Waals surface area contributed by atoms with Crippen molar-refractivity contribution < 1.29 is 14.2 Å². The zero-order valence-electron chi connectivity index (χ0n) is 8.75. The number of hydrogen-bond donors (Lipinski definition) is 1. The van der Waals surface area contributed by atoms with Crippen LogP contribution in [0.15, 0.2) is 16.6 Å². The first kappa shape index (κ1) is 11.8. The van der Waals surface area contributed by atoms with Crippen molar-refractivity contribution in [3.8, 4) is 0 Å². The van der Waals surface area contributed by atoms with Crippen molar-refractivity contribution in [2.24, 2.45) is 0 Å². The molecule has 88 valence electrons. The third kappa shape index (κ3) is 2.36. The second-order valence-corrected chi connectivity index (χ2v) is 4.57. The highest BCUT2D eigenvalue weighted by atomic mass is 79.9. The van der Waals surface area contributed by atoms with E-state index >= 15 is 0 Å². The summed E-state index contributed by atoms with van der Waals surface area (Å²) in [6.07, 6.45) is 0. The van der Waals surface area contributed by atoms with Gasteiger partial charge in [-0.25, -0.2) is 4.39 Å². The molecule has 3 nitrogen and oxygen atoms in total. The molecule has 1 aliphatic heterocycles. The molecule has 1 heterocycles. The van der Waals surface area contributed by atoms with E-state index in [4.69, 9.17) is 9.84 Å². The van der Waals surface area contributed by atoms with Gasteiger partial charge >= 0.3 is 0 Å². The van der Waals surface area contributed by atoms with E-state index in [0.717, 1.165) is 4.47 Å². The molecular weight excluding hydrogens is 277 g/mol. The van der Waals surface area contributed by atoms with Crippen LogP contribution in [-0.2, 0) is 11.3 Å². The van der Waals surface area contributed by atoms with Gasteiger partial charge < -0.3 is 14.7 Å². The molecule has 0 bridgehead atoms. The molecule has 0 aliphatic carbocycles. The topological polar surface area (TPSA) is 32.7 Å². The Balaban J connectivity index is 2.34. The number of halogens is 2. The number of anilines is 1. The number of aliphatic hydroxyl groups is 1. The van der Waals surface area contributed by atoms with Crippen LogP contribution in [0.1, 0.15) is 5.56 Å². The van der Waals surface area contributed by atoms with Crippen LogP contribution in [0.4, 0.5) is 10.1 Å². The average Bonchev–Trinajstić information content (AvgIpc) is 2.33. The van der Waals surface area contributed by atoms with Gasteiger partial charge in [-0.1, -0.05) is 15.9 Å². The van der Waals surface area contributed by atoms with E-state index in [2.05, 4.69) is 15.9 Å². The number of benzene rings is 1. The molecule has 1 fully saturated rings. The van der Waals surface area contributed by atoms with E-state index in [9.17, 15) is 4.39 Å². The van der Waals surface area contributed by atoms with Gasteiger partial charge in [0.2, 0.25) is 0 Å². The van der Waals surface area contributed by atoms with Crippen molar-refractivity contribution in [2.45, 2.75) is 6.61 Å². The first-order valence-corrected chi connectivity index (χ1v) is 5.93. The minimum absolute atomic E-state index is 0.289. The first-order valence-electron chi connectivity index (χ1n) is 5.14. The Morgan fingerprint density at radius 1 is 1.38 bits per heavy atom. The van der Waals surface area contributed by atoms with Crippen LogP contribution < -0.4 is 4.90 Å². The Bertz CT molecular complexity index is 380. The molecular formula is C11H13BrFNO2. The molecule has 0 aromatic heterocycles. The second-order valence-electron chi connectivity index (χ2n) is 3.66. The fourth-order valence-corrected chi connectivity index (χ4v) is 2.27. The lowest BCUT2D eigenvalue weighted by atomic mass is 10.1. The van der Waals surface area contributed by atoms with E-state index in [1.54, 1.807) is 12.1 Å². The van der Waals surface area contributed by atoms with Crippen LogP contribution in [0.25, 0.3) is 0 Å². The molecule has 0 amide bonds. The largest absolute Gasteiger partial charge is 0.392 e. The Labute approximate surface area is 102 Å². The fraction of sp³-hybridized carbons (Fsp3) is 0.455. The molecule has 0 atom stereocenters. The van der Waals surface area contributed by atoms with Gasteiger partial charge in [0.1, 0.15) is 0 Å². The minimum Gasteiger partial charge on any atom is -0.392 e. The Hall–Kier alpha value is -0.650. The zero-order chi connectivity index (χ0) is 11.5. The van der Waals surface area contributed by atoms with Crippen molar-refractivity contribution >= 4 is 21.6 Å². The summed E-state index contributed by atoms with van der Waals surface area (Å²) in [6, 6.07) is 3.33. The second kappa shape index (κ2) is 5.12. The van der Waals surface area contributed by atoms with Crippen molar-refractivity contribution in [3.05, 3.63) is 28.0 Å². The smallest absolute Gasteiger partial charge is 0.152 e. The van der Waals surface area contributed by atoms with E-state index in [0.29, 0.717) is 37.6 Å². The highest BCUT2D eigenvalue weighted by Crippen LogP contribution is 2.28. The maximum atomic E-state index is 14.0. The van der Waals surface area contributed by atoms with E-state index < -0.39 is 0 Å². The van der Waals surface area contributed by atoms with Gasteiger partial charge in [0.25, 0.3) is 0 Å². The molecule has 0 spiro atoms. The molecule has 1 aromatic rings. The maximum Gasteiger partial charge on any atom is 0.152 e. The quantitative estimate of drug-likeness (QED) is 0.903. The van der Waals surface area contributed by atoms with Gasteiger partial charge in [0.15, 0.2) is 5.82 Å². The number of aliphatic hydroxyl groups excluding tert-OH is 1. The maximum absolute atomic E-state index is 14.0. The van der Waals surface area contributed by atoms with Crippen molar-refractivity contribution in [2.75, 3.05) is 31.2 Å². The Morgan fingerprint density at radius 3 is 2.69 bits per heavy atom. The molecule has 0 saturated carbocycles. The molecule has 2 rings (SSSR count). The van der Waals surface area contributed by atoms with Gasteiger partial charge in [-0.05, 0) is 12.1 Å². The summed E-state index contributed by atoms with van der Waals surface area (Å²) in [4.78, 5) is 1.93. The standard InChI is InChI=1S/C11H13BrFNO2/c12-9-5-8(7-15)11(13)10(6-9)14-1-3-16-4-2-14/h5-6,15H,1-4,7H2. The fourth-order valence-electron chi connectivity index (χ4n) is 1.78. The third-order valence-corrected chi connectivity index (χ3v) is 3.07. The molecule has 1 saturated heterocycles. The molecule has 0 unspecified atom stereocenters. The highest BCUT2D eigenvalue weighted by molar-refractivity contribution is 9.10. The van der Waals surface area contributed by atoms with Gasteiger partial charge in [-0.3, -0.25) is 0 Å². The normalized spacial score (nSPS) is 16.6. The lowest BCUT2D eigenvalue weighted by molar-refractivity contribution is 0.122. The SMILES string of the molecule is OCc1cc(Br)cc(N2CCOCC2)c1F. The summed E-state index contributed by atoms with van der Waals surface area (Å²) in [5.41, 5.74) is 0.845. The molecule has 1 N–H and O–H groups in total. The van der Waals surface area contributed by atoms with E-state index in [1.807, 2.05) is 4.90 Å². The molecule has 1 aliphatic rings. The van der Waals surface area contributed by atoms with Gasteiger partial charge in [-0.2, -0.15) is 0 Å². The van der Waals surface area contributed by atoms with Crippen LogP contribution in [0.2, 0.25) is 0 Å².